The molecule has 2 heterocycles. The zero-order chi connectivity index (χ0) is 13.5. The van der Waals surface area contributed by atoms with E-state index in [4.69, 9.17) is 9.47 Å². The second-order valence-corrected chi connectivity index (χ2v) is 4.50. The second-order valence-electron chi connectivity index (χ2n) is 4.50. The van der Waals surface area contributed by atoms with Crippen LogP contribution in [0.2, 0.25) is 0 Å². The third-order valence-corrected chi connectivity index (χ3v) is 2.90. The molecule has 6 nitrogen and oxygen atoms in total. The Kier molecular flexibility index (Phi) is 5.11. The zero-order valence-electron chi connectivity index (χ0n) is 11.0. The number of amides is 1. The van der Waals surface area contributed by atoms with E-state index < -0.39 is 0 Å². The second kappa shape index (κ2) is 7.06. The van der Waals surface area contributed by atoms with Crippen molar-refractivity contribution in [2.75, 3.05) is 38.7 Å². The fourth-order valence-corrected chi connectivity index (χ4v) is 1.74. The van der Waals surface area contributed by atoms with Crippen LogP contribution in [-0.4, -0.2) is 44.3 Å². The Morgan fingerprint density at radius 3 is 2.89 bits per heavy atom. The average Bonchev–Trinajstić information content (AvgIpc) is 2.36. The molecule has 0 unspecified atom stereocenters. The van der Waals surface area contributed by atoms with E-state index in [1.165, 1.54) is 0 Å². The topological polar surface area (TPSA) is 72.5 Å². The van der Waals surface area contributed by atoms with Crippen molar-refractivity contribution in [2.45, 2.75) is 6.42 Å². The van der Waals surface area contributed by atoms with Gasteiger partial charge in [0.05, 0.1) is 18.5 Å². The number of hydrogen-bond donors (Lipinski definition) is 2. The fraction of sp³-hybridized carbons (Fsp3) is 0.538. The van der Waals surface area contributed by atoms with Crippen molar-refractivity contribution in [1.29, 1.82) is 0 Å². The van der Waals surface area contributed by atoms with Crippen molar-refractivity contribution in [2.24, 2.45) is 5.92 Å². The Morgan fingerprint density at radius 2 is 2.32 bits per heavy atom. The maximum absolute atomic E-state index is 11.7. The maximum Gasteiger partial charge on any atom is 0.224 e. The number of carbonyl (C=O) groups is 1. The highest BCUT2D eigenvalue weighted by Crippen LogP contribution is 2.14. The minimum absolute atomic E-state index is 0.0290. The summed E-state index contributed by atoms with van der Waals surface area (Å²) in [6.07, 6.45) is 2.15. The number of carbonyl (C=O) groups excluding carboxylic acids is 1. The number of methoxy groups -OCH3 is 1. The third-order valence-electron chi connectivity index (χ3n) is 2.90. The van der Waals surface area contributed by atoms with Gasteiger partial charge in [-0.05, 0) is 25.1 Å². The lowest BCUT2D eigenvalue weighted by atomic mass is 9.99. The fourth-order valence-electron chi connectivity index (χ4n) is 1.74. The predicted octanol–water partition coefficient (Wildman–Crippen LogP) is 0.655. The van der Waals surface area contributed by atoms with Gasteiger partial charge in [-0.15, -0.1) is 0 Å². The minimum atomic E-state index is 0.0290. The molecule has 0 saturated carbocycles. The largest absolute Gasteiger partial charge is 0.475 e. The summed E-state index contributed by atoms with van der Waals surface area (Å²) in [6, 6.07) is 3.52. The highest BCUT2D eigenvalue weighted by molar-refractivity contribution is 5.90. The molecular formula is C13H19N3O3. The van der Waals surface area contributed by atoms with Gasteiger partial charge < -0.3 is 20.1 Å². The summed E-state index contributed by atoms with van der Waals surface area (Å²) < 4.78 is 10.2. The van der Waals surface area contributed by atoms with Crippen LogP contribution in [0.5, 0.6) is 5.88 Å². The van der Waals surface area contributed by atoms with E-state index in [0.29, 0.717) is 37.1 Å². The van der Waals surface area contributed by atoms with E-state index in [2.05, 4.69) is 15.6 Å². The van der Waals surface area contributed by atoms with Crippen LogP contribution >= 0.6 is 0 Å². The molecule has 1 aromatic heterocycles. The summed E-state index contributed by atoms with van der Waals surface area (Å²) in [4.78, 5) is 15.8. The first-order valence-electron chi connectivity index (χ1n) is 6.36. The normalized spacial score (nSPS) is 14.8. The molecule has 0 atom stereocenters. The Balaban J connectivity index is 1.75. The lowest BCUT2D eigenvalue weighted by molar-refractivity contribution is -0.117. The van der Waals surface area contributed by atoms with Crippen LogP contribution in [0.25, 0.3) is 0 Å². The van der Waals surface area contributed by atoms with Gasteiger partial charge >= 0.3 is 0 Å². The van der Waals surface area contributed by atoms with Gasteiger partial charge in [0.15, 0.2) is 0 Å². The Morgan fingerprint density at radius 1 is 1.47 bits per heavy atom. The van der Waals surface area contributed by atoms with Gasteiger partial charge in [0.2, 0.25) is 11.8 Å². The lowest BCUT2D eigenvalue weighted by Gasteiger charge is -2.26. The molecule has 1 aliphatic heterocycles. The molecule has 0 aliphatic carbocycles. The van der Waals surface area contributed by atoms with E-state index in [1.807, 2.05) is 0 Å². The van der Waals surface area contributed by atoms with Crippen LogP contribution < -0.4 is 15.4 Å². The van der Waals surface area contributed by atoms with E-state index in [9.17, 15) is 4.79 Å². The SMILES string of the molecule is COCCOc1ccc(NC(=O)CC2CNC2)cn1. The maximum atomic E-state index is 11.7. The van der Waals surface area contributed by atoms with Crippen molar-refractivity contribution < 1.29 is 14.3 Å². The van der Waals surface area contributed by atoms with Crippen LogP contribution in [0.4, 0.5) is 5.69 Å². The average molecular weight is 265 g/mol. The Bertz CT molecular complexity index is 404. The van der Waals surface area contributed by atoms with Gasteiger partial charge in [-0.3, -0.25) is 4.79 Å². The zero-order valence-corrected chi connectivity index (χ0v) is 11.0. The number of nitrogens with zero attached hydrogens (tertiary/aromatic N) is 1. The molecule has 1 aliphatic rings. The van der Waals surface area contributed by atoms with Crippen molar-refractivity contribution in [1.82, 2.24) is 10.3 Å². The van der Waals surface area contributed by atoms with Crippen LogP contribution in [0.15, 0.2) is 18.3 Å². The molecule has 1 aromatic rings. The van der Waals surface area contributed by atoms with Crippen LogP contribution in [0.1, 0.15) is 6.42 Å². The van der Waals surface area contributed by atoms with Crippen molar-refractivity contribution >= 4 is 11.6 Å². The molecule has 104 valence electrons. The number of pyridine rings is 1. The van der Waals surface area contributed by atoms with Gasteiger partial charge in [0.1, 0.15) is 6.61 Å². The smallest absolute Gasteiger partial charge is 0.224 e. The third kappa shape index (κ3) is 4.50. The van der Waals surface area contributed by atoms with Crippen molar-refractivity contribution in [3.8, 4) is 5.88 Å². The van der Waals surface area contributed by atoms with E-state index >= 15 is 0 Å². The summed E-state index contributed by atoms with van der Waals surface area (Å²) in [5, 5.41) is 5.97. The van der Waals surface area contributed by atoms with E-state index in [1.54, 1.807) is 25.4 Å². The molecule has 2 rings (SSSR count). The highest BCUT2D eigenvalue weighted by atomic mass is 16.5. The number of ether oxygens (including phenoxy) is 2. The lowest BCUT2D eigenvalue weighted by Crippen LogP contribution is -2.43. The van der Waals surface area contributed by atoms with Crippen LogP contribution in [0, 0.1) is 5.92 Å². The molecule has 0 aromatic carbocycles. The molecule has 0 bridgehead atoms. The summed E-state index contributed by atoms with van der Waals surface area (Å²) in [6.45, 7) is 2.84. The monoisotopic (exact) mass is 265 g/mol. The van der Waals surface area contributed by atoms with Crippen LogP contribution in [0.3, 0.4) is 0 Å². The van der Waals surface area contributed by atoms with Crippen LogP contribution in [-0.2, 0) is 9.53 Å². The first-order chi connectivity index (χ1) is 9.28. The van der Waals surface area contributed by atoms with Gasteiger partial charge in [-0.1, -0.05) is 0 Å². The number of aromatic nitrogens is 1. The van der Waals surface area contributed by atoms with Gasteiger partial charge in [-0.2, -0.15) is 0 Å². The molecule has 2 N–H and O–H groups in total. The molecular weight excluding hydrogens is 246 g/mol. The predicted molar refractivity (Wildman–Crippen MR) is 71.2 cm³/mol. The summed E-state index contributed by atoms with van der Waals surface area (Å²) in [7, 11) is 1.62. The molecule has 0 radical (unpaired) electrons. The molecule has 1 saturated heterocycles. The first-order valence-corrected chi connectivity index (χ1v) is 6.36. The molecule has 0 spiro atoms. The van der Waals surface area contributed by atoms with E-state index in [-0.39, 0.29) is 5.91 Å². The number of hydrogen-bond acceptors (Lipinski definition) is 5. The first kappa shape index (κ1) is 13.8. The molecule has 1 fully saturated rings. The number of anilines is 1. The number of rotatable bonds is 7. The highest BCUT2D eigenvalue weighted by Gasteiger charge is 2.19. The van der Waals surface area contributed by atoms with Gasteiger partial charge in [-0.25, -0.2) is 4.98 Å². The molecule has 1 amide bonds. The minimum Gasteiger partial charge on any atom is -0.475 e. The summed E-state index contributed by atoms with van der Waals surface area (Å²) in [5.74, 6) is 1.02. The quantitative estimate of drug-likeness (QED) is 0.708. The summed E-state index contributed by atoms with van der Waals surface area (Å²) in [5.41, 5.74) is 0.691. The Hall–Kier alpha value is -1.66. The van der Waals surface area contributed by atoms with Crippen molar-refractivity contribution in [3.63, 3.8) is 0 Å². The number of nitrogens with one attached hydrogen (secondary N) is 2. The van der Waals surface area contributed by atoms with Crippen molar-refractivity contribution in [3.05, 3.63) is 18.3 Å². The standard InChI is InChI=1S/C13H19N3O3/c1-18-4-5-19-13-3-2-11(9-15-13)16-12(17)6-10-7-14-8-10/h2-3,9-10,14H,4-8H2,1H3,(H,16,17). The molecule has 6 heteroatoms. The Labute approximate surface area is 112 Å². The van der Waals surface area contributed by atoms with Gasteiger partial charge in [0, 0.05) is 19.6 Å². The van der Waals surface area contributed by atoms with Gasteiger partial charge in [0.25, 0.3) is 0 Å². The van der Waals surface area contributed by atoms with E-state index in [0.717, 1.165) is 13.1 Å². The molecule has 19 heavy (non-hydrogen) atoms. The summed E-state index contributed by atoms with van der Waals surface area (Å²) >= 11 is 0.